The fourth-order valence-corrected chi connectivity index (χ4v) is 3.00. The van der Waals surface area contributed by atoms with Crippen LogP contribution in [0.5, 0.6) is 0 Å². The van der Waals surface area contributed by atoms with Gasteiger partial charge in [-0.15, -0.1) is 0 Å². The number of fused-ring (bicyclic) bond motifs is 1. The van der Waals surface area contributed by atoms with Crippen molar-refractivity contribution in [1.29, 1.82) is 5.26 Å². The van der Waals surface area contributed by atoms with Gasteiger partial charge in [0.25, 0.3) is 11.5 Å². The minimum atomic E-state index is -0.641. The van der Waals surface area contributed by atoms with Gasteiger partial charge in [0.2, 0.25) is 0 Å². The second-order valence-corrected chi connectivity index (χ2v) is 6.67. The first kappa shape index (κ1) is 20.7. The Morgan fingerprint density at radius 2 is 1.83 bits per heavy atom. The molecular weight excluding hydrogens is 384 g/mol. The van der Waals surface area contributed by atoms with Crippen LogP contribution in [0.15, 0.2) is 53.3 Å². The summed E-state index contributed by atoms with van der Waals surface area (Å²) in [5.41, 5.74) is 1.69. The molecule has 0 radical (unpaired) electrons. The number of amides is 1. The number of anilines is 1. The Hall–Kier alpha value is -3.99. The predicted octanol–water partition coefficient (Wildman–Crippen LogP) is 2.26. The first-order valence-corrected chi connectivity index (χ1v) is 9.35. The third kappa shape index (κ3) is 4.89. The van der Waals surface area contributed by atoms with Gasteiger partial charge >= 0.3 is 5.97 Å². The fraction of sp³-hybridized carbons (Fsp3) is 0.227. The average Bonchev–Trinajstić information content (AvgIpc) is 2.76. The van der Waals surface area contributed by atoms with Gasteiger partial charge in [-0.3, -0.25) is 14.4 Å². The molecule has 8 heteroatoms. The molecule has 0 fully saturated rings. The normalized spacial score (nSPS) is 10.4. The molecule has 0 spiro atoms. The number of benzene rings is 2. The number of nitrogens with one attached hydrogen (secondary N) is 1. The molecule has 1 aromatic heterocycles. The van der Waals surface area contributed by atoms with Crippen LogP contribution in [0.25, 0.3) is 10.8 Å². The monoisotopic (exact) mass is 404 g/mol. The molecule has 1 heterocycles. The van der Waals surface area contributed by atoms with Crippen molar-refractivity contribution in [2.45, 2.75) is 19.8 Å². The summed E-state index contributed by atoms with van der Waals surface area (Å²) < 4.78 is 5.15. The molecular formula is C22H20N4O4. The zero-order chi connectivity index (χ0) is 21.5. The molecule has 1 N–H and O–H groups in total. The van der Waals surface area contributed by atoms with Gasteiger partial charge in [0, 0.05) is 17.6 Å². The van der Waals surface area contributed by atoms with E-state index in [1.54, 1.807) is 36.4 Å². The van der Waals surface area contributed by atoms with Crippen LogP contribution in [0.2, 0.25) is 0 Å². The van der Waals surface area contributed by atoms with Crippen molar-refractivity contribution in [3.05, 3.63) is 70.1 Å². The highest BCUT2D eigenvalue weighted by atomic mass is 16.5. The zero-order valence-electron chi connectivity index (χ0n) is 16.4. The molecule has 0 unspecified atom stereocenters. The molecule has 1 amide bonds. The third-order valence-electron chi connectivity index (χ3n) is 4.54. The number of aryl methyl sites for hydroxylation is 1. The lowest BCUT2D eigenvalue weighted by atomic mass is 10.1. The van der Waals surface area contributed by atoms with E-state index in [1.165, 1.54) is 4.90 Å². The molecule has 152 valence electrons. The smallest absolute Gasteiger partial charge is 0.312 e. The average molecular weight is 404 g/mol. The Bertz CT molecular complexity index is 1160. The standard InChI is InChI=1S/C22H20N4O4/c1-15-7-9-16(10-8-15)26(12-4-11-23)20(27)14-30-21(28)13-19-17-5-2-3-6-18(17)22(29)25-24-19/h2-3,5-10H,4,12-14H2,1H3,(H,25,29). The van der Waals surface area contributed by atoms with Crippen molar-refractivity contribution in [1.82, 2.24) is 10.2 Å². The molecule has 0 bridgehead atoms. The van der Waals surface area contributed by atoms with Gasteiger partial charge in [-0.05, 0) is 25.1 Å². The van der Waals surface area contributed by atoms with Crippen molar-refractivity contribution in [2.24, 2.45) is 0 Å². The summed E-state index contributed by atoms with van der Waals surface area (Å²) in [4.78, 5) is 38.2. The van der Waals surface area contributed by atoms with Crippen LogP contribution in [0.1, 0.15) is 17.7 Å². The Morgan fingerprint density at radius 1 is 1.13 bits per heavy atom. The summed E-state index contributed by atoms with van der Waals surface area (Å²) in [5.74, 6) is -1.07. The molecule has 3 aromatic rings. The van der Waals surface area contributed by atoms with Crippen LogP contribution in [0, 0.1) is 18.3 Å². The van der Waals surface area contributed by atoms with E-state index < -0.39 is 18.5 Å². The predicted molar refractivity (Wildman–Crippen MR) is 111 cm³/mol. The number of hydrogen-bond acceptors (Lipinski definition) is 6. The number of carbonyl (C=O) groups is 2. The van der Waals surface area contributed by atoms with Crippen LogP contribution >= 0.6 is 0 Å². The van der Waals surface area contributed by atoms with E-state index in [1.807, 2.05) is 25.1 Å². The highest BCUT2D eigenvalue weighted by Crippen LogP contribution is 2.16. The molecule has 30 heavy (non-hydrogen) atoms. The lowest BCUT2D eigenvalue weighted by Crippen LogP contribution is -2.35. The Kier molecular flexibility index (Phi) is 6.55. The number of ether oxygens (including phenoxy) is 1. The molecule has 2 aromatic carbocycles. The second-order valence-electron chi connectivity index (χ2n) is 6.67. The van der Waals surface area contributed by atoms with Crippen LogP contribution in [0.3, 0.4) is 0 Å². The Labute approximate surface area is 172 Å². The van der Waals surface area contributed by atoms with E-state index in [0.717, 1.165) is 5.56 Å². The maximum Gasteiger partial charge on any atom is 0.312 e. The number of carbonyl (C=O) groups excluding carboxylic acids is 2. The minimum Gasteiger partial charge on any atom is -0.455 e. The number of aromatic nitrogens is 2. The van der Waals surface area contributed by atoms with Crippen molar-refractivity contribution < 1.29 is 14.3 Å². The van der Waals surface area contributed by atoms with Gasteiger partial charge in [0.1, 0.15) is 0 Å². The lowest BCUT2D eigenvalue weighted by molar-refractivity contribution is -0.147. The van der Waals surface area contributed by atoms with Crippen molar-refractivity contribution in [3.8, 4) is 6.07 Å². The van der Waals surface area contributed by atoms with Crippen molar-refractivity contribution in [3.63, 3.8) is 0 Å². The van der Waals surface area contributed by atoms with E-state index in [0.29, 0.717) is 22.2 Å². The van der Waals surface area contributed by atoms with Crippen LogP contribution in [0.4, 0.5) is 5.69 Å². The molecule has 0 aliphatic heterocycles. The molecule has 0 aliphatic rings. The maximum atomic E-state index is 12.6. The summed E-state index contributed by atoms with van der Waals surface area (Å²) in [7, 11) is 0. The third-order valence-corrected chi connectivity index (χ3v) is 4.54. The summed E-state index contributed by atoms with van der Waals surface area (Å²) in [6.45, 7) is 1.67. The minimum absolute atomic E-state index is 0.154. The number of hydrogen-bond donors (Lipinski definition) is 1. The lowest BCUT2D eigenvalue weighted by Gasteiger charge is -2.21. The SMILES string of the molecule is Cc1ccc(N(CCC#N)C(=O)COC(=O)Cc2n[nH]c(=O)c3ccccc23)cc1. The summed E-state index contributed by atoms with van der Waals surface area (Å²) in [5, 5.41) is 16.1. The molecule has 3 rings (SSSR count). The molecule has 0 aliphatic carbocycles. The topological polar surface area (TPSA) is 116 Å². The zero-order valence-corrected chi connectivity index (χ0v) is 16.4. The summed E-state index contributed by atoms with van der Waals surface area (Å²) >= 11 is 0. The molecule has 0 atom stereocenters. The van der Waals surface area contributed by atoms with Gasteiger partial charge in [-0.1, -0.05) is 35.9 Å². The van der Waals surface area contributed by atoms with Gasteiger partial charge in [-0.25, -0.2) is 5.10 Å². The van der Waals surface area contributed by atoms with Crippen LogP contribution < -0.4 is 10.5 Å². The van der Waals surface area contributed by atoms with Crippen LogP contribution in [-0.2, 0) is 20.7 Å². The van der Waals surface area contributed by atoms with Gasteiger partial charge in [-0.2, -0.15) is 10.4 Å². The highest BCUT2D eigenvalue weighted by molar-refractivity contribution is 5.95. The van der Waals surface area contributed by atoms with Crippen LogP contribution in [-0.4, -0.2) is 35.2 Å². The molecule has 0 saturated carbocycles. The second kappa shape index (κ2) is 9.47. The number of nitrogens with zero attached hydrogens (tertiary/aromatic N) is 3. The molecule has 8 nitrogen and oxygen atoms in total. The van der Waals surface area contributed by atoms with E-state index in [2.05, 4.69) is 10.2 Å². The van der Waals surface area contributed by atoms with E-state index in [4.69, 9.17) is 10.00 Å². The quantitative estimate of drug-likeness (QED) is 0.604. The number of nitriles is 1. The summed E-state index contributed by atoms with van der Waals surface area (Å²) in [6, 6.07) is 16.1. The van der Waals surface area contributed by atoms with Gasteiger partial charge in [0.05, 0.1) is 30.0 Å². The Morgan fingerprint density at radius 3 is 2.53 bits per heavy atom. The number of esters is 1. The first-order chi connectivity index (χ1) is 14.5. The number of H-pyrrole nitrogens is 1. The number of aromatic amines is 1. The summed E-state index contributed by atoms with van der Waals surface area (Å²) in [6.07, 6.45) is -0.0336. The maximum absolute atomic E-state index is 12.6. The van der Waals surface area contributed by atoms with E-state index >= 15 is 0 Å². The van der Waals surface area contributed by atoms with Gasteiger partial charge in [0.15, 0.2) is 6.61 Å². The molecule has 0 saturated heterocycles. The van der Waals surface area contributed by atoms with Crippen molar-refractivity contribution >= 4 is 28.3 Å². The van der Waals surface area contributed by atoms with Crippen molar-refractivity contribution in [2.75, 3.05) is 18.1 Å². The van der Waals surface area contributed by atoms with E-state index in [9.17, 15) is 14.4 Å². The highest BCUT2D eigenvalue weighted by Gasteiger charge is 2.18. The van der Waals surface area contributed by atoms with E-state index in [-0.39, 0.29) is 24.9 Å². The first-order valence-electron chi connectivity index (χ1n) is 9.35. The van der Waals surface area contributed by atoms with Gasteiger partial charge < -0.3 is 9.64 Å². The Balaban J connectivity index is 1.67. The number of rotatable bonds is 7. The fourth-order valence-electron chi connectivity index (χ4n) is 3.00. The largest absolute Gasteiger partial charge is 0.455 e.